The van der Waals surface area contributed by atoms with Crippen molar-refractivity contribution in [2.24, 2.45) is 22.7 Å². The summed E-state index contributed by atoms with van der Waals surface area (Å²) in [7, 11) is 1.62. The van der Waals surface area contributed by atoms with E-state index in [-0.39, 0.29) is 16.8 Å². The first-order valence-electron chi connectivity index (χ1n) is 11.8. The van der Waals surface area contributed by atoms with E-state index in [1.165, 1.54) is 96.3 Å². The molecular weight excluding hydrogens is 320 g/mol. The SMILES string of the molecule is CCCC[C@]1(C2(C(=O)OC)CCCCC2)CC[C@@H](C2CCCCC2)CC1. The van der Waals surface area contributed by atoms with Gasteiger partial charge in [-0.1, -0.05) is 71.1 Å². The van der Waals surface area contributed by atoms with E-state index in [0.717, 1.165) is 24.7 Å². The number of ether oxygens (including phenoxy) is 1. The number of hydrogen-bond acceptors (Lipinski definition) is 2. The molecule has 3 aliphatic carbocycles. The second-order valence-electron chi connectivity index (χ2n) is 9.75. The number of methoxy groups -OCH3 is 1. The monoisotopic (exact) mass is 362 g/mol. The van der Waals surface area contributed by atoms with Crippen LogP contribution < -0.4 is 0 Å². The molecule has 3 saturated carbocycles. The van der Waals surface area contributed by atoms with Crippen LogP contribution in [0.1, 0.15) is 116 Å². The van der Waals surface area contributed by atoms with Crippen molar-refractivity contribution in [2.45, 2.75) is 116 Å². The summed E-state index contributed by atoms with van der Waals surface area (Å²) in [4.78, 5) is 13.1. The Balaban J connectivity index is 1.79. The lowest BCUT2D eigenvalue weighted by Gasteiger charge is -2.55. The third-order valence-corrected chi connectivity index (χ3v) is 8.61. The molecule has 0 atom stereocenters. The van der Waals surface area contributed by atoms with Crippen LogP contribution in [-0.2, 0) is 9.53 Å². The molecule has 0 aliphatic heterocycles. The second kappa shape index (κ2) is 9.11. The molecule has 0 spiro atoms. The molecule has 0 saturated heterocycles. The zero-order valence-electron chi connectivity index (χ0n) is 17.5. The summed E-state index contributed by atoms with van der Waals surface area (Å²) in [6.07, 6.45) is 22.2. The molecule has 3 fully saturated rings. The molecule has 0 heterocycles. The van der Waals surface area contributed by atoms with Crippen molar-refractivity contribution in [3.63, 3.8) is 0 Å². The summed E-state index contributed by atoms with van der Waals surface area (Å²) in [5.74, 6) is 2.04. The third kappa shape index (κ3) is 3.85. The zero-order chi connectivity index (χ0) is 18.5. The van der Waals surface area contributed by atoms with Crippen LogP contribution in [-0.4, -0.2) is 13.1 Å². The van der Waals surface area contributed by atoms with Crippen LogP contribution in [0.5, 0.6) is 0 Å². The molecular formula is C24H42O2. The van der Waals surface area contributed by atoms with E-state index in [1.54, 1.807) is 7.11 Å². The second-order valence-corrected chi connectivity index (χ2v) is 9.75. The maximum atomic E-state index is 13.1. The predicted molar refractivity (Wildman–Crippen MR) is 108 cm³/mol. The Morgan fingerprint density at radius 2 is 1.42 bits per heavy atom. The molecule has 2 nitrogen and oxygen atoms in total. The summed E-state index contributed by atoms with van der Waals surface area (Å²) in [6.45, 7) is 2.30. The van der Waals surface area contributed by atoms with Gasteiger partial charge in [-0.15, -0.1) is 0 Å². The largest absolute Gasteiger partial charge is 0.469 e. The normalized spacial score (nSPS) is 32.9. The minimum absolute atomic E-state index is 0.129. The topological polar surface area (TPSA) is 26.3 Å². The van der Waals surface area contributed by atoms with Gasteiger partial charge >= 0.3 is 5.97 Å². The van der Waals surface area contributed by atoms with E-state index in [4.69, 9.17) is 4.74 Å². The zero-order valence-corrected chi connectivity index (χ0v) is 17.5. The molecule has 3 aliphatic rings. The number of esters is 1. The standard InChI is InChI=1S/C24H42O2/c1-3-4-15-23(24(22(25)26-2)16-9-6-10-17-24)18-13-21(14-19-23)20-11-7-5-8-12-20/h20-21H,3-19H2,1-2H3/t21-,23+. The van der Waals surface area contributed by atoms with Crippen molar-refractivity contribution < 1.29 is 9.53 Å². The highest BCUT2D eigenvalue weighted by molar-refractivity contribution is 5.78. The van der Waals surface area contributed by atoms with E-state index in [0.29, 0.717) is 0 Å². The summed E-state index contributed by atoms with van der Waals surface area (Å²) < 4.78 is 5.46. The molecule has 0 aromatic carbocycles. The minimum atomic E-state index is -0.174. The van der Waals surface area contributed by atoms with Gasteiger partial charge in [-0.05, 0) is 62.2 Å². The quantitative estimate of drug-likeness (QED) is 0.473. The molecule has 2 heteroatoms. The number of hydrogen-bond donors (Lipinski definition) is 0. The van der Waals surface area contributed by atoms with Gasteiger partial charge in [0, 0.05) is 0 Å². The van der Waals surface area contributed by atoms with Crippen LogP contribution >= 0.6 is 0 Å². The van der Waals surface area contributed by atoms with Crippen molar-refractivity contribution >= 4 is 5.97 Å². The lowest BCUT2D eigenvalue weighted by molar-refractivity contribution is -0.172. The van der Waals surface area contributed by atoms with Gasteiger partial charge in [0.2, 0.25) is 0 Å². The van der Waals surface area contributed by atoms with Gasteiger partial charge in [0.15, 0.2) is 0 Å². The fourth-order valence-electron chi connectivity index (χ4n) is 7.05. The molecule has 26 heavy (non-hydrogen) atoms. The van der Waals surface area contributed by atoms with Crippen LogP contribution in [0, 0.1) is 22.7 Å². The first-order chi connectivity index (χ1) is 12.7. The van der Waals surface area contributed by atoms with Crippen LogP contribution in [0.25, 0.3) is 0 Å². The Morgan fingerprint density at radius 3 is 2.00 bits per heavy atom. The maximum absolute atomic E-state index is 13.1. The van der Waals surface area contributed by atoms with Gasteiger partial charge < -0.3 is 4.74 Å². The van der Waals surface area contributed by atoms with E-state index < -0.39 is 0 Å². The molecule has 0 bridgehead atoms. The van der Waals surface area contributed by atoms with Crippen molar-refractivity contribution in [3.05, 3.63) is 0 Å². The lowest BCUT2D eigenvalue weighted by Crippen LogP contribution is -2.51. The van der Waals surface area contributed by atoms with Gasteiger partial charge in [-0.3, -0.25) is 4.79 Å². The Morgan fingerprint density at radius 1 is 0.846 bits per heavy atom. The number of carbonyl (C=O) groups is 1. The van der Waals surface area contributed by atoms with E-state index >= 15 is 0 Å². The van der Waals surface area contributed by atoms with Gasteiger partial charge in [-0.25, -0.2) is 0 Å². The van der Waals surface area contributed by atoms with Gasteiger partial charge in [0.25, 0.3) is 0 Å². The Kier molecular flexibility index (Phi) is 7.08. The first-order valence-corrected chi connectivity index (χ1v) is 11.8. The minimum Gasteiger partial charge on any atom is -0.469 e. The molecule has 0 N–H and O–H groups in total. The van der Waals surface area contributed by atoms with Crippen molar-refractivity contribution in [1.82, 2.24) is 0 Å². The van der Waals surface area contributed by atoms with Crippen LogP contribution in [0.2, 0.25) is 0 Å². The molecule has 0 amide bonds. The summed E-state index contributed by atoms with van der Waals surface area (Å²) >= 11 is 0. The Labute approximate surface area is 161 Å². The highest BCUT2D eigenvalue weighted by atomic mass is 16.5. The third-order valence-electron chi connectivity index (χ3n) is 8.61. The molecule has 150 valence electrons. The molecule has 0 radical (unpaired) electrons. The van der Waals surface area contributed by atoms with E-state index in [1.807, 2.05) is 0 Å². The van der Waals surface area contributed by atoms with Crippen LogP contribution in [0.3, 0.4) is 0 Å². The number of carbonyl (C=O) groups excluding carboxylic acids is 1. The average Bonchev–Trinajstić information content (AvgIpc) is 2.73. The summed E-state index contributed by atoms with van der Waals surface area (Å²) in [6, 6.07) is 0. The van der Waals surface area contributed by atoms with Crippen molar-refractivity contribution in [1.29, 1.82) is 0 Å². The first kappa shape index (κ1) is 20.2. The van der Waals surface area contributed by atoms with Gasteiger partial charge in [-0.2, -0.15) is 0 Å². The number of unbranched alkanes of at least 4 members (excludes halogenated alkanes) is 1. The van der Waals surface area contributed by atoms with Gasteiger partial charge in [0.1, 0.15) is 0 Å². The highest BCUT2D eigenvalue weighted by Crippen LogP contribution is 2.61. The molecule has 0 unspecified atom stereocenters. The maximum Gasteiger partial charge on any atom is 0.312 e. The van der Waals surface area contributed by atoms with E-state index in [2.05, 4.69) is 6.92 Å². The van der Waals surface area contributed by atoms with Crippen molar-refractivity contribution in [2.75, 3.05) is 7.11 Å². The Hall–Kier alpha value is -0.530. The van der Waals surface area contributed by atoms with Crippen molar-refractivity contribution in [3.8, 4) is 0 Å². The van der Waals surface area contributed by atoms with Gasteiger partial charge in [0.05, 0.1) is 12.5 Å². The lowest BCUT2D eigenvalue weighted by atomic mass is 9.49. The predicted octanol–water partition coefficient (Wildman–Crippen LogP) is 7.06. The molecule has 0 aromatic rings. The van der Waals surface area contributed by atoms with E-state index in [9.17, 15) is 4.79 Å². The number of rotatable bonds is 6. The highest BCUT2D eigenvalue weighted by Gasteiger charge is 2.57. The summed E-state index contributed by atoms with van der Waals surface area (Å²) in [5, 5.41) is 0. The fraction of sp³-hybridized carbons (Fsp3) is 0.958. The Bertz CT molecular complexity index is 435. The van der Waals surface area contributed by atoms with Crippen LogP contribution in [0.4, 0.5) is 0 Å². The smallest absolute Gasteiger partial charge is 0.312 e. The average molecular weight is 363 g/mol. The molecule has 3 rings (SSSR count). The molecule has 0 aromatic heterocycles. The van der Waals surface area contributed by atoms with Crippen LogP contribution in [0.15, 0.2) is 0 Å². The summed E-state index contributed by atoms with van der Waals surface area (Å²) in [5.41, 5.74) is 0.0500. The fourth-order valence-corrected chi connectivity index (χ4v) is 7.05.